The van der Waals surface area contributed by atoms with Gasteiger partial charge in [0.1, 0.15) is 11.9 Å². The van der Waals surface area contributed by atoms with E-state index in [9.17, 15) is 14.0 Å². The second-order valence-corrected chi connectivity index (χ2v) is 8.81. The van der Waals surface area contributed by atoms with Crippen molar-refractivity contribution in [1.82, 2.24) is 10.2 Å². The van der Waals surface area contributed by atoms with Gasteiger partial charge in [0.25, 0.3) is 0 Å². The van der Waals surface area contributed by atoms with E-state index >= 15 is 0 Å². The molecule has 1 saturated carbocycles. The molecule has 0 spiro atoms. The minimum atomic E-state index is -0.681. The van der Waals surface area contributed by atoms with Crippen molar-refractivity contribution in [1.29, 1.82) is 0 Å². The first-order chi connectivity index (χ1) is 14.8. The van der Waals surface area contributed by atoms with Crippen molar-refractivity contribution in [2.24, 2.45) is 0 Å². The average Bonchev–Trinajstić information content (AvgIpc) is 2.72. The fourth-order valence-electron chi connectivity index (χ4n) is 4.41. The third-order valence-electron chi connectivity index (χ3n) is 6.05. The highest BCUT2D eigenvalue weighted by atomic mass is 19.1. The molecule has 1 fully saturated rings. The molecule has 1 aliphatic rings. The number of hydrogen-bond acceptors (Lipinski definition) is 2. The number of aryl methyl sites for hydroxylation is 2. The van der Waals surface area contributed by atoms with Crippen LogP contribution in [0.5, 0.6) is 0 Å². The minimum Gasteiger partial charge on any atom is -0.352 e. The van der Waals surface area contributed by atoms with E-state index in [0.29, 0.717) is 5.56 Å². The number of carbonyl (C=O) groups is 2. The van der Waals surface area contributed by atoms with Gasteiger partial charge < -0.3 is 10.2 Å². The summed E-state index contributed by atoms with van der Waals surface area (Å²) in [6, 6.07) is 11.9. The van der Waals surface area contributed by atoms with Gasteiger partial charge in [-0.1, -0.05) is 66.8 Å². The lowest BCUT2D eigenvalue weighted by Gasteiger charge is -2.31. The number of nitrogens with one attached hydrogen (secondary N) is 1. The molecular weight excluding hydrogens is 391 g/mol. The summed E-state index contributed by atoms with van der Waals surface area (Å²) in [4.78, 5) is 27.8. The summed E-state index contributed by atoms with van der Waals surface area (Å²) in [7, 11) is 0. The lowest BCUT2D eigenvalue weighted by atomic mass is 9.95. The molecule has 1 unspecified atom stereocenters. The van der Waals surface area contributed by atoms with Crippen LogP contribution < -0.4 is 5.32 Å². The SMILES string of the molecule is Cc1cc(C)cc(CC(=O)N(Cc2ccccc2F)C(C)C(=O)NC2CCCCC2)c1. The monoisotopic (exact) mass is 424 g/mol. The number of amides is 2. The van der Waals surface area contributed by atoms with E-state index in [0.717, 1.165) is 42.4 Å². The van der Waals surface area contributed by atoms with Crippen LogP contribution in [0.15, 0.2) is 42.5 Å². The zero-order valence-electron chi connectivity index (χ0n) is 18.8. The predicted octanol–water partition coefficient (Wildman–Crippen LogP) is 4.85. The molecule has 0 bridgehead atoms. The molecule has 1 atom stereocenters. The maximum absolute atomic E-state index is 14.3. The van der Waals surface area contributed by atoms with E-state index in [1.54, 1.807) is 25.1 Å². The van der Waals surface area contributed by atoms with Crippen molar-refractivity contribution in [2.75, 3.05) is 0 Å². The quantitative estimate of drug-likeness (QED) is 0.691. The number of benzene rings is 2. The van der Waals surface area contributed by atoms with Gasteiger partial charge in [0.05, 0.1) is 6.42 Å². The molecule has 0 radical (unpaired) electrons. The number of carbonyl (C=O) groups excluding carboxylic acids is 2. The number of hydrogen-bond donors (Lipinski definition) is 1. The summed E-state index contributed by atoms with van der Waals surface area (Å²) >= 11 is 0. The maximum Gasteiger partial charge on any atom is 0.242 e. The molecule has 4 nitrogen and oxygen atoms in total. The molecular formula is C26H33FN2O2. The molecule has 5 heteroatoms. The molecule has 3 rings (SSSR count). The largest absolute Gasteiger partial charge is 0.352 e. The normalized spacial score (nSPS) is 15.4. The highest BCUT2D eigenvalue weighted by Crippen LogP contribution is 2.19. The summed E-state index contributed by atoms with van der Waals surface area (Å²) in [5.41, 5.74) is 3.49. The van der Waals surface area contributed by atoms with Crippen LogP contribution in [0.3, 0.4) is 0 Å². The topological polar surface area (TPSA) is 49.4 Å². The number of halogens is 1. The molecule has 0 aromatic heterocycles. The Balaban J connectivity index is 1.79. The van der Waals surface area contributed by atoms with E-state index in [1.807, 2.05) is 26.0 Å². The molecule has 2 aromatic carbocycles. The van der Waals surface area contributed by atoms with Crippen molar-refractivity contribution < 1.29 is 14.0 Å². The Hall–Kier alpha value is -2.69. The van der Waals surface area contributed by atoms with Gasteiger partial charge in [0.15, 0.2) is 0 Å². The fourth-order valence-corrected chi connectivity index (χ4v) is 4.41. The van der Waals surface area contributed by atoms with Gasteiger partial charge in [-0.25, -0.2) is 4.39 Å². The molecule has 166 valence electrons. The second-order valence-electron chi connectivity index (χ2n) is 8.81. The Bertz CT molecular complexity index is 901. The molecule has 31 heavy (non-hydrogen) atoms. The van der Waals surface area contributed by atoms with E-state index in [-0.39, 0.29) is 36.6 Å². The van der Waals surface area contributed by atoms with Gasteiger partial charge >= 0.3 is 0 Å². The Morgan fingerprint density at radius 2 is 1.71 bits per heavy atom. The van der Waals surface area contributed by atoms with Crippen molar-refractivity contribution in [2.45, 2.75) is 77.9 Å². The Morgan fingerprint density at radius 1 is 1.06 bits per heavy atom. The van der Waals surface area contributed by atoms with E-state index < -0.39 is 6.04 Å². The van der Waals surface area contributed by atoms with E-state index in [1.165, 1.54) is 17.4 Å². The molecule has 0 aliphatic heterocycles. The van der Waals surface area contributed by atoms with Crippen LogP contribution in [-0.2, 0) is 22.6 Å². The first kappa shape index (κ1) is 23.0. The Morgan fingerprint density at radius 3 is 2.35 bits per heavy atom. The van der Waals surface area contributed by atoms with Crippen LogP contribution >= 0.6 is 0 Å². The third kappa shape index (κ3) is 6.39. The van der Waals surface area contributed by atoms with Crippen LogP contribution in [0.2, 0.25) is 0 Å². The maximum atomic E-state index is 14.3. The van der Waals surface area contributed by atoms with Gasteiger partial charge in [-0.2, -0.15) is 0 Å². The van der Waals surface area contributed by atoms with Gasteiger partial charge in [0.2, 0.25) is 11.8 Å². The molecule has 2 amide bonds. The fraction of sp³-hybridized carbons (Fsp3) is 0.462. The summed E-state index contributed by atoms with van der Waals surface area (Å²) in [5.74, 6) is -0.719. The summed E-state index contributed by atoms with van der Waals surface area (Å²) in [6.07, 6.45) is 5.56. The standard InChI is InChI=1S/C26H33FN2O2/c1-18-13-19(2)15-21(14-18)16-25(30)29(17-22-9-7-8-12-24(22)27)20(3)26(31)28-23-10-5-4-6-11-23/h7-9,12-15,20,23H,4-6,10-11,16-17H2,1-3H3,(H,28,31). The summed E-state index contributed by atoms with van der Waals surface area (Å²) in [5, 5.41) is 3.11. The van der Waals surface area contributed by atoms with Crippen LogP contribution in [0.25, 0.3) is 0 Å². The zero-order valence-corrected chi connectivity index (χ0v) is 18.8. The molecule has 1 N–H and O–H groups in total. The smallest absolute Gasteiger partial charge is 0.242 e. The van der Waals surface area contributed by atoms with Crippen LogP contribution in [0.1, 0.15) is 61.3 Å². The van der Waals surface area contributed by atoms with Crippen LogP contribution in [0, 0.1) is 19.7 Å². The van der Waals surface area contributed by atoms with E-state index in [2.05, 4.69) is 11.4 Å². The molecule has 0 heterocycles. The van der Waals surface area contributed by atoms with Crippen molar-refractivity contribution in [3.05, 3.63) is 70.5 Å². The first-order valence-corrected chi connectivity index (χ1v) is 11.2. The highest BCUT2D eigenvalue weighted by Gasteiger charge is 2.28. The van der Waals surface area contributed by atoms with Gasteiger partial charge in [-0.3, -0.25) is 9.59 Å². The molecule has 2 aromatic rings. The number of nitrogens with zero attached hydrogens (tertiary/aromatic N) is 1. The first-order valence-electron chi connectivity index (χ1n) is 11.2. The van der Waals surface area contributed by atoms with Gasteiger partial charge in [0, 0.05) is 18.2 Å². The van der Waals surface area contributed by atoms with Crippen LogP contribution in [-0.4, -0.2) is 28.8 Å². The lowest BCUT2D eigenvalue weighted by Crippen LogP contribution is -2.50. The molecule has 1 aliphatic carbocycles. The second kappa shape index (κ2) is 10.6. The Kier molecular flexibility index (Phi) is 7.83. The molecule has 0 saturated heterocycles. The van der Waals surface area contributed by atoms with E-state index in [4.69, 9.17) is 0 Å². The average molecular weight is 425 g/mol. The third-order valence-corrected chi connectivity index (χ3v) is 6.05. The minimum absolute atomic E-state index is 0.0650. The van der Waals surface area contributed by atoms with Crippen molar-refractivity contribution in [3.63, 3.8) is 0 Å². The van der Waals surface area contributed by atoms with Gasteiger partial charge in [-0.15, -0.1) is 0 Å². The van der Waals surface area contributed by atoms with Crippen molar-refractivity contribution in [3.8, 4) is 0 Å². The highest BCUT2D eigenvalue weighted by molar-refractivity contribution is 5.88. The van der Waals surface area contributed by atoms with Crippen molar-refractivity contribution >= 4 is 11.8 Å². The summed E-state index contributed by atoms with van der Waals surface area (Å²) < 4.78 is 14.3. The number of rotatable bonds is 7. The van der Waals surface area contributed by atoms with Crippen LogP contribution in [0.4, 0.5) is 4.39 Å². The van der Waals surface area contributed by atoms with Gasteiger partial charge in [-0.05, 0) is 45.2 Å². The Labute approximate surface area is 184 Å². The predicted molar refractivity (Wildman–Crippen MR) is 121 cm³/mol. The zero-order chi connectivity index (χ0) is 22.4. The summed E-state index contributed by atoms with van der Waals surface area (Å²) in [6.45, 7) is 5.80. The lowest BCUT2D eigenvalue weighted by molar-refractivity contribution is -0.140.